The zero-order valence-electron chi connectivity index (χ0n) is 11.4. The first-order valence-electron chi connectivity index (χ1n) is 5.87. The lowest BCUT2D eigenvalue weighted by atomic mass is 9.91. The van der Waals surface area contributed by atoms with Crippen LogP contribution in [0.25, 0.3) is 0 Å². The van der Waals surface area contributed by atoms with Gasteiger partial charge in [0.2, 0.25) is 0 Å². The third-order valence-electron chi connectivity index (χ3n) is 2.98. The van der Waals surface area contributed by atoms with Crippen molar-refractivity contribution in [1.82, 2.24) is 0 Å². The predicted octanol–water partition coefficient (Wildman–Crippen LogP) is 3.15. The number of hydrogen-bond donors (Lipinski definition) is 2. The number of nitrogens with two attached hydrogens (primary N) is 1. The second kappa shape index (κ2) is 7.15. The molecule has 2 atom stereocenters. The van der Waals surface area contributed by atoms with E-state index in [4.69, 9.17) is 10.5 Å². The largest absolute Gasteiger partial charge is 0.497 e. The molecule has 0 bridgehead atoms. The number of rotatable bonds is 4. The Hall–Kier alpha value is -0.980. The van der Waals surface area contributed by atoms with Crippen LogP contribution in [0, 0.1) is 5.92 Å². The molecule has 0 unspecified atom stereocenters. The van der Waals surface area contributed by atoms with Crippen molar-refractivity contribution in [3.05, 3.63) is 29.3 Å². The quantitative estimate of drug-likeness (QED) is 0.898. The summed E-state index contributed by atoms with van der Waals surface area (Å²) in [6.45, 7) is 3.39. The molecule has 7 heteroatoms. The Morgan fingerprint density at radius 1 is 1.25 bits per heavy atom. The molecule has 0 amide bonds. The molecule has 0 heterocycles. The SMILES string of the molecule is COc1ccc([C@@H](N)[C@@H](O)C(C)C)c(C(F)(F)F)c1.Cl. The highest BCUT2D eigenvalue weighted by Gasteiger charge is 2.36. The highest BCUT2D eigenvalue weighted by Crippen LogP contribution is 2.37. The van der Waals surface area contributed by atoms with Gasteiger partial charge in [0.15, 0.2) is 0 Å². The van der Waals surface area contributed by atoms with Crippen LogP contribution in [0.3, 0.4) is 0 Å². The molecule has 0 aliphatic rings. The van der Waals surface area contributed by atoms with Gasteiger partial charge < -0.3 is 15.6 Å². The van der Waals surface area contributed by atoms with Crippen molar-refractivity contribution in [3.63, 3.8) is 0 Å². The van der Waals surface area contributed by atoms with Crippen molar-refractivity contribution >= 4 is 12.4 Å². The molecule has 0 fully saturated rings. The fourth-order valence-electron chi connectivity index (χ4n) is 1.80. The molecule has 3 N–H and O–H groups in total. The number of halogens is 4. The number of aliphatic hydroxyl groups is 1. The van der Waals surface area contributed by atoms with Crippen molar-refractivity contribution in [2.75, 3.05) is 7.11 Å². The van der Waals surface area contributed by atoms with Gasteiger partial charge in [-0.3, -0.25) is 0 Å². The molecule has 1 aromatic rings. The maximum Gasteiger partial charge on any atom is 0.416 e. The summed E-state index contributed by atoms with van der Waals surface area (Å²) in [6, 6.07) is 2.44. The highest BCUT2D eigenvalue weighted by molar-refractivity contribution is 5.85. The monoisotopic (exact) mass is 313 g/mol. The lowest BCUT2D eigenvalue weighted by Crippen LogP contribution is -2.32. The van der Waals surface area contributed by atoms with E-state index in [0.717, 1.165) is 6.07 Å². The van der Waals surface area contributed by atoms with Gasteiger partial charge in [-0.2, -0.15) is 13.2 Å². The first-order chi connectivity index (χ1) is 8.68. The molecule has 116 valence electrons. The Labute approximate surface area is 122 Å². The van der Waals surface area contributed by atoms with E-state index in [9.17, 15) is 18.3 Å². The summed E-state index contributed by atoms with van der Waals surface area (Å²) in [4.78, 5) is 0. The van der Waals surface area contributed by atoms with Gasteiger partial charge in [-0.15, -0.1) is 12.4 Å². The van der Waals surface area contributed by atoms with Crippen LogP contribution in [-0.4, -0.2) is 18.3 Å². The number of hydrogen-bond acceptors (Lipinski definition) is 3. The normalized spacial score (nSPS) is 14.7. The van der Waals surface area contributed by atoms with Gasteiger partial charge in [0.25, 0.3) is 0 Å². The first-order valence-corrected chi connectivity index (χ1v) is 5.87. The Kier molecular flexibility index (Phi) is 6.80. The van der Waals surface area contributed by atoms with Gasteiger partial charge in [0.1, 0.15) is 5.75 Å². The molecule has 1 rings (SSSR count). The topological polar surface area (TPSA) is 55.5 Å². The molecule has 0 saturated carbocycles. The van der Waals surface area contributed by atoms with Gasteiger partial charge in [0, 0.05) is 0 Å². The zero-order chi connectivity index (χ0) is 14.8. The number of ether oxygens (including phenoxy) is 1. The fourth-order valence-corrected chi connectivity index (χ4v) is 1.80. The summed E-state index contributed by atoms with van der Waals surface area (Å²) in [6.07, 6.45) is -5.59. The summed E-state index contributed by atoms with van der Waals surface area (Å²) in [5.41, 5.74) is 4.73. The molecule has 0 aliphatic carbocycles. The molecule has 0 radical (unpaired) electrons. The molecule has 3 nitrogen and oxygen atoms in total. The van der Waals surface area contributed by atoms with Gasteiger partial charge in [-0.05, 0) is 23.6 Å². The van der Waals surface area contributed by atoms with Crippen LogP contribution in [0.15, 0.2) is 18.2 Å². The van der Waals surface area contributed by atoms with E-state index in [0.29, 0.717) is 0 Å². The van der Waals surface area contributed by atoms with Crippen LogP contribution in [-0.2, 0) is 6.18 Å². The van der Waals surface area contributed by atoms with Crippen LogP contribution >= 0.6 is 12.4 Å². The summed E-state index contributed by atoms with van der Waals surface area (Å²) < 4.78 is 43.8. The van der Waals surface area contributed by atoms with Crippen molar-refractivity contribution in [2.45, 2.75) is 32.2 Å². The Balaban J connectivity index is 0.00000361. The van der Waals surface area contributed by atoms with E-state index in [-0.39, 0.29) is 29.6 Å². The van der Waals surface area contributed by atoms with Crippen LogP contribution in [0.4, 0.5) is 13.2 Å². The van der Waals surface area contributed by atoms with Gasteiger partial charge in [-0.1, -0.05) is 19.9 Å². The number of aliphatic hydroxyl groups excluding tert-OH is 1. The Morgan fingerprint density at radius 3 is 2.20 bits per heavy atom. The van der Waals surface area contributed by atoms with Gasteiger partial charge >= 0.3 is 6.18 Å². The van der Waals surface area contributed by atoms with Crippen LogP contribution in [0.1, 0.15) is 31.0 Å². The molecular formula is C13H19ClF3NO2. The van der Waals surface area contributed by atoms with Crippen molar-refractivity contribution in [2.24, 2.45) is 11.7 Å². The average Bonchev–Trinajstić information content (AvgIpc) is 2.35. The smallest absolute Gasteiger partial charge is 0.416 e. The minimum atomic E-state index is -4.54. The third kappa shape index (κ3) is 4.26. The average molecular weight is 314 g/mol. The fraction of sp³-hybridized carbons (Fsp3) is 0.538. The summed E-state index contributed by atoms with van der Waals surface area (Å²) >= 11 is 0. The standard InChI is InChI=1S/C13H18F3NO2.ClH/c1-7(2)12(18)11(17)9-5-4-8(19-3)6-10(9)13(14,15)16;/h4-7,11-12,18H,17H2,1-3H3;1H/t11-,12+;/m1./s1. The lowest BCUT2D eigenvalue weighted by molar-refractivity contribution is -0.138. The maximum absolute atomic E-state index is 13.0. The van der Waals surface area contributed by atoms with E-state index in [1.165, 1.54) is 19.2 Å². The van der Waals surface area contributed by atoms with Gasteiger partial charge in [0.05, 0.1) is 24.8 Å². The minimum absolute atomic E-state index is 0. The number of benzene rings is 1. The van der Waals surface area contributed by atoms with E-state index < -0.39 is 23.9 Å². The summed E-state index contributed by atoms with van der Waals surface area (Å²) in [5, 5.41) is 9.84. The molecular weight excluding hydrogens is 295 g/mol. The van der Waals surface area contributed by atoms with Crippen LogP contribution in [0.2, 0.25) is 0 Å². The molecule has 0 aliphatic heterocycles. The molecule has 0 spiro atoms. The second-order valence-electron chi connectivity index (χ2n) is 4.71. The van der Waals surface area contributed by atoms with Crippen LogP contribution in [0.5, 0.6) is 5.75 Å². The first kappa shape index (κ1) is 19.0. The molecule has 0 saturated heterocycles. The van der Waals surface area contributed by atoms with Crippen LogP contribution < -0.4 is 10.5 Å². The van der Waals surface area contributed by atoms with Crippen molar-refractivity contribution in [3.8, 4) is 5.75 Å². The van der Waals surface area contributed by atoms with E-state index in [1.54, 1.807) is 13.8 Å². The summed E-state index contributed by atoms with van der Waals surface area (Å²) in [5.74, 6) is -0.138. The predicted molar refractivity (Wildman–Crippen MR) is 73.0 cm³/mol. The second-order valence-corrected chi connectivity index (χ2v) is 4.71. The third-order valence-corrected chi connectivity index (χ3v) is 2.98. The van der Waals surface area contributed by atoms with E-state index in [1.807, 2.05) is 0 Å². The maximum atomic E-state index is 13.0. The van der Waals surface area contributed by atoms with Crippen molar-refractivity contribution in [1.29, 1.82) is 0 Å². The summed E-state index contributed by atoms with van der Waals surface area (Å²) in [7, 11) is 1.29. The highest BCUT2D eigenvalue weighted by atomic mass is 35.5. The number of alkyl halides is 3. The molecule has 1 aromatic carbocycles. The van der Waals surface area contributed by atoms with Crippen molar-refractivity contribution < 1.29 is 23.0 Å². The lowest BCUT2D eigenvalue weighted by Gasteiger charge is -2.25. The minimum Gasteiger partial charge on any atom is -0.497 e. The van der Waals surface area contributed by atoms with Gasteiger partial charge in [-0.25, -0.2) is 0 Å². The van der Waals surface area contributed by atoms with E-state index in [2.05, 4.69) is 0 Å². The zero-order valence-corrected chi connectivity index (χ0v) is 12.3. The number of methoxy groups -OCH3 is 1. The van der Waals surface area contributed by atoms with E-state index >= 15 is 0 Å². The molecule has 20 heavy (non-hydrogen) atoms. The Bertz CT molecular complexity index is 438. The Morgan fingerprint density at radius 2 is 1.80 bits per heavy atom. The molecule has 0 aromatic heterocycles.